The van der Waals surface area contributed by atoms with Gasteiger partial charge in [0.15, 0.2) is 5.52 Å². The molecule has 0 unspecified atom stereocenters. The Morgan fingerprint density at radius 3 is 2.53 bits per heavy atom. The molecule has 12 heteroatoms. The monoisotopic (exact) mass is 511 g/mol. The number of aromatic carboxylic acids is 1. The van der Waals surface area contributed by atoms with Crippen molar-refractivity contribution in [2.45, 2.75) is 31.6 Å². The molecule has 2 aromatic carbocycles. The number of nitrogens with one attached hydrogen (secondary N) is 2. The minimum absolute atomic E-state index is 0.0320. The van der Waals surface area contributed by atoms with Gasteiger partial charge in [-0.25, -0.2) is 18.2 Å². The van der Waals surface area contributed by atoms with Crippen LogP contribution in [-0.4, -0.2) is 45.8 Å². The zero-order valence-corrected chi connectivity index (χ0v) is 20.7. The quantitative estimate of drug-likeness (QED) is 0.309. The summed E-state index contributed by atoms with van der Waals surface area (Å²) in [5, 5.41) is 13.5. The summed E-state index contributed by atoms with van der Waals surface area (Å²) < 4.78 is 35.9. The number of nitrogens with zero attached hydrogens (tertiary/aromatic N) is 3. The molecule has 2 heterocycles. The lowest BCUT2D eigenvalue weighted by Crippen LogP contribution is -2.15. The van der Waals surface area contributed by atoms with Crippen molar-refractivity contribution in [1.29, 1.82) is 0 Å². The first-order valence-electron chi connectivity index (χ1n) is 11.2. The average Bonchev–Trinajstić information content (AvgIpc) is 3.15. The molecule has 4 aromatic rings. The molecule has 0 aliphatic heterocycles. The molecule has 11 nitrogen and oxygen atoms in total. The Morgan fingerprint density at radius 1 is 1.17 bits per heavy atom. The van der Waals surface area contributed by atoms with E-state index in [0.717, 1.165) is 6.42 Å². The number of aromatic amines is 1. The molecule has 0 saturated carbocycles. The lowest BCUT2D eigenvalue weighted by Gasteiger charge is -2.13. The fourth-order valence-corrected chi connectivity index (χ4v) is 4.90. The van der Waals surface area contributed by atoms with Crippen LogP contribution in [0.3, 0.4) is 0 Å². The summed E-state index contributed by atoms with van der Waals surface area (Å²) in [5.41, 5.74) is 1.58. The molecule has 4 rings (SSSR count). The zero-order valence-electron chi connectivity index (χ0n) is 19.9. The van der Waals surface area contributed by atoms with Crippen molar-refractivity contribution in [2.24, 2.45) is 7.05 Å². The minimum Gasteiger partial charge on any atom is -0.493 e. The summed E-state index contributed by atoms with van der Waals surface area (Å²) in [6.45, 7) is 4.10. The van der Waals surface area contributed by atoms with Gasteiger partial charge in [0.2, 0.25) is 0 Å². The van der Waals surface area contributed by atoms with Gasteiger partial charge in [-0.15, -0.1) is 0 Å². The van der Waals surface area contributed by atoms with Gasteiger partial charge in [-0.05, 0) is 55.8 Å². The van der Waals surface area contributed by atoms with E-state index >= 15 is 0 Å². The molecular weight excluding hydrogens is 486 g/mol. The Hall–Kier alpha value is -4.19. The first kappa shape index (κ1) is 24.9. The van der Waals surface area contributed by atoms with E-state index in [-0.39, 0.29) is 22.0 Å². The topological polar surface area (TPSA) is 156 Å². The predicted molar refractivity (Wildman–Crippen MR) is 134 cm³/mol. The van der Waals surface area contributed by atoms with Crippen LogP contribution in [0, 0.1) is 0 Å². The summed E-state index contributed by atoms with van der Waals surface area (Å²) in [5.74, 6) is -0.607. The number of ether oxygens (including phenoxy) is 1. The SMILES string of the molecule is CCCc1nn(C)c2c(=O)[nH]c(-c3cc(S(=O)(=O)Nc4ccc(C(=O)O)cc4)ccc3OCC)nc12. The van der Waals surface area contributed by atoms with Gasteiger partial charge in [0.25, 0.3) is 15.6 Å². The lowest BCUT2D eigenvalue weighted by molar-refractivity contribution is 0.0697. The number of hydrogen-bond acceptors (Lipinski definition) is 7. The van der Waals surface area contributed by atoms with E-state index in [0.29, 0.717) is 41.1 Å². The smallest absolute Gasteiger partial charge is 0.335 e. The molecule has 188 valence electrons. The van der Waals surface area contributed by atoms with Gasteiger partial charge in [0, 0.05) is 12.7 Å². The van der Waals surface area contributed by atoms with Crippen LogP contribution >= 0.6 is 0 Å². The van der Waals surface area contributed by atoms with Crippen LogP contribution in [0.1, 0.15) is 36.3 Å². The number of sulfonamides is 1. The molecule has 0 fully saturated rings. The van der Waals surface area contributed by atoms with Gasteiger partial charge in [0.1, 0.15) is 17.1 Å². The number of aryl methyl sites for hydroxylation is 2. The molecule has 0 spiro atoms. The molecule has 0 saturated heterocycles. The number of carbonyl (C=O) groups is 1. The van der Waals surface area contributed by atoms with E-state index in [9.17, 15) is 18.0 Å². The normalized spacial score (nSPS) is 11.5. The number of fused-ring (bicyclic) bond motifs is 1. The second-order valence-electron chi connectivity index (χ2n) is 8.01. The van der Waals surface area contributed by atoms with Crippen molar-refractivity contribution in [3.8, 4) is 17.1 Å². The van der Waals surface area contributed by atoms with Crippen molar-refractivity contribution in [3.05, 3.63) is 64.1 Å². The first-order valence-corrected chi connectivity index (χ1v) is 12.7. The Balaban J connectivity index is 1.81. The van der Waals surface area contributed by atoms with Crippen LogP contribution in [0.5, 0.6) is 5.75 Å². The van der Waals surface area contributed by atoms with Crippen molar-refractivity contribution in [3.63, 3.8) is 0 Å². The summed E-state index contributed by atoms with van der Waals surface area (Å²) >= 11 is 0. The number of carboxylic acid groups (broad SMARTS) is 1. The first-order chi connectivity index (χ1) is 17.1. The van der Waals surface area contributed by atoms with E-state index in [4.69, 9.17) is 9.84 Å². The third kappa shape index (κ3) is 4.80. The zero-order chi connectivity index (χ0) is 26.0. The Bertz CT molecular complexity index is 1610. The van der Waals surface area contributed by atoms with E-state index in [1.807, 2.05) is 6.92 Å². The molecule has 0 atom stereocenters. The Labute approximate surface area is 206 Å². The summed E-state index contributed by atoms with van der Waals surface area (Å²) in [4.78, 5) is 31.2. The van der Waals surface area contributed by atoms with Crippen LogP contribution in [0.4, 0.5) is 5.69 Å². The summed E-state index contributed by atoms with van der Waals surface area (Å²) in [6.07, 6.45) is 1.44. The molecule has 2 aromatic heterocycles. The fraction of sp³-hybridized carbons (Fsp3) is 0.250. The van der Waals surface area contributed by atoms with Crippen LogP contribution in [-0.2, 0) is 23.5 Å². The van der Waals surface area contributed by atoms with Crippen LogP contribution in [0.15, 0.2) is 52.2 Å². The van der Waals surface area contributed by atoms with Crippen LogP contribution in [0.25, 0.3) is 22.4 Å². The largest absolute Gasteiger partial charge is 0.493 e. The highest BCUT2D eigenvalue weighted by atomic mass is 32.2. The molecule has 3 N–H and O–H groups in total. The minimum atomic E-state index is -4.06. The van der Waals surface area contributed by atoms with Gasteiger partial charge in [-0.2, -0.15) is 5.10 Å². The summed E-state index contributed by atoms with van der Waals surface area (Å²) in [6, 6.07) is 9.58. The van der Waals surface area contributed by atoms with Crippen LogP contribution < -0.4 is 15.0 Å². The maximum Gasteiger partial charge on any atom is 0.335 e. The Kier molecular flexibility index (Phi) is 6.80. The average molecular weight is 512 g/mol. The molecule has 0 amide bonds. The number of aromatic nitrogens is 4. The maximum absolute atomic E-state index is 13.1. The van der Waals surface area contributed by atoms with Crippen molar-refractivity contribution < 1.29 is 23.1 Å². The highest BCUT2D eigenvalue weighted by molar-refractivity contribution is 7.92. The van der Waals surface area contributed by atoms with E-state index < -0.39 is 21.6 Å². The second-order valence-corrected chi connectivity index (χ2v) is 9.69. The van der Waals surface area contributed by atoms with E-state index in [2.05, 4.69) is 19.8 Å². The molecule has 0 aliphatic carbocycles. The van der Waals surface area contributed by atoms with Gasteiger partial charge < -0.3 is 14.8 Å². The van der Waals surface area contributed by atoms with Gasteiger partial charge in [0.05, 0.1) is 28.3 Å². The number of benzene rings is 2. The number of H-pyrrole nitrogens is 1. The number of carboxylic acids is 1. The molecule has 0 radical (unpaired) electrons. The molecular formula is C24H25N5O6S. The number of rotatable bonds is 9. The van der Waals surface area contributed by atoms with Gasteiger partial charge in [-0.3, -0.25) is 14.2 Å². The highest BCUT2D eigenvalue weighted by Crippen LogP contribution is 2.32. The maximum atomic E-state index is 13.1. The van der Waals surface area contributed by atoms with Crippen molar-refractivity contribution in [1.82, 2.24) is 19.7 Å². The van der Waals surface area contributed by atoms with E-state index in [1.54, 1.807) is 14.0 Å². The van der Waals surface area contributed by atoms with Crippen molar-refractivity contribution >= 4 is 32.7 Å². The summed E-state index contributed by atoms with van der Waals surface area (Å²) in [7, 11) is -2.39. The Morgan fingerprint density at radius 2 is 1.89 bits per heavy atom. The number of hydrogen-bond donors (Lipinski definition) is 3. The molecule has 36 heavy (non-hydrogen) atoms. The number of anilines is 1. The van der Waals surface area contributed by atoms with Crippen LogP contribution in [0.2, 0.25) is 0 Å². The van der Waals surface area contributed by atoms with Gasteiger partial charge >= 0.3 is 5.97 Å². The van der Waals surface area contributed by atoms with E-state index in [1.165, 1.54) is 47.1 Å². The second kappa shape index (κ2) is 9.82. The van der Waals surface area contributed by atoms with Gasteiger partial charge in [-0.1, -0.05) is 13.3 Å². The lowest BCUT2D eigenvalue weighted by atomic mass is 10.1. The highest BCUT2D eigenvalue weighted by Gasteiger charge is 2.21. The third-order valence-corrected chi connectivity index (χ3v) is 6.83. The van der Waals surface area contributed by atoms with Crippen molar-refractivity contribution in [2.75, 3.05) is 11.3 Å². The third-order valence-electron chi connectivity index (χ3n) is 5.45. The fourth-order valence-electron chi connectivity index (χ4n) is 3.82. The standard InChI is InChI=1S/C24H25N5O6S/c1-4-6-18-20-21(29(3)27-18)23(30)26-22(25-20)17-13-16(11-12-19(17)35-5-2)36(33,34)28-15-9-7-14(8-10-15)24(31)32/h7-13,28H,4-6H2,1-3H3,(H,31,32)(H,25,26,30). The molecule has 0 aliphatic rings. The molecule has 0 bridgehead atoms. The predicted octanol–water partition coefficient (Wildman–Crippen LogP) is 3.17.